The average molecular weight is 413 g/mol. The quantitative estimate of drug-likeness (QED) is 0.591. The third-order valence-corrected chi connectivity index (χ3v) is 4.35. The second-order valence-electron chi connectivity index (χ2n) is 9.14. The van der Waals surface area contributed by atoms with Crippen LogP contribution in [-0.4, -0.2) is 36.3 Å². The average Bonchev–Trinajstić information content (AvgIpc) is 3.29. The Kier molecular flexibility index (Phi) is 5.65. The molecule has 0 atom stereocenters. The molecular weight excluding hydrogens is 386 g/mol. The van der Waals surface area contributed by atoms with E-state index in [1.165, 1.54) is 11.0 Å². The number of nitrogens with zero attached hydrogens (tertiary/aromatic N) is 5. The van der Waals surface area contributed by atoms with Crippen LogP contribution in [0.3, 0.4) is 0 Å². The standard InChI is InChI=1S/C21H27N5O4/c1-20(2,3)18(27)29-12-25-8-7-15-16(22-11-23-17(15)25)14-9-24-26(10-14)13-30-19(28)21(4,5)6/h7-11H,12-13H2,1-6H3. The highest BCUT2D eigenvalue weighted by atomic mass is 16.5. The zero-order valence-corrected chi connectivity index (χ0v) is 18.2. The van der Waals surface area contributed by atoms with Gasteiger partial charge >= 0.3 is 11.9 Å². The molecule has 3 rings (SSSR count). The summed E-state index contributed by atoms with van der Waals surface area (Å²) < 4.78 is 14.0. The van der Waals surface area contributed by atoms with Gasteiger partial charge in [0, 0.05) is 23.3 Å². The van der Waals surface area contributed by atoms with Gasteiger partial charge in [-0.2, -0.15) is 5.10 Å². The minimum Gasteiger partial charge on any atom is -0.443 e. The second kappa shape index (κ2) is 7.89. The summed E-state index contributed by atoms with van der Waals surface area (Å²) in [6.45, 7) is 10.9. The first-order chi connectivity index (χ1) is 14.0. The van der Waals surface area contributed by atoms with E-state index in [1.807, 2.05) is 6.07 Å². The minimum atomic E-state index is -0.575. The fourth-order valence-corrected chi connectivity index (χ4v) is 2.58. The van der Waals surface area contributed by atoms with Crippen LogP contribution in [0.25, 0.3) is 22.3 Å². The number of hydrogen-bond acceptors (Lipinski definition) is 7. The van der Waals surface area contributed by atoms with Crippen LogP contribution in [0.2, 0.25) is 0 Å². The van der Waals surface area contributed by atoms with Crippen molar-refractivity contribution in [2.45, 2.75) is 55.0 Å². The van der Waals surface area contributed by atoms with Gasteiger partial charge in [-0.15, -0.1) is 0 Å². The summed E-state index contributed by atoms with van der Waals surface area (Å²) >= 11 is 0. The van der Waals surface area contributed by atoms with Crippen LogP contribution in [-0.2, 0) is 32.5 Å². The Bertz CT molecular complexity index is 1070. The Balaban J connectivity index is 1.78. The molecule has 0 saturated carbocycles. The van der Waals surface area contributed by atoms with Gasteiger partial charge in [0.2, 0.25) is 0 Å². The Labute approximate surface area is 175 Å². The molecule has 0 amide bonds. The van der Waals surface area contributed by atoms with Crippen molar-refractivity contribution in [2.75, 3.05) is 0 Å². The molecule has 0 radical (unpaired) electrons. The zero-order valence-electron chi connectivity index (χ0n) is 18.2. The van der Waals surface area contributed by atoms with Gasteiger partial charge in [-0.1, -0.05) is 0 Å². The molecule has 0 aliphatic carbocycles. The van der Waals surface area contributed by atoms with Crippen LogP contribution >= 0.6 is 0 Å². The summed E-state index contributed by atoms with van der Waals surface area (Å²) in [5, 5.41) is 5.05. The fraction of sp³-hybridized carbons (Fsp3) is 0.476. The molecule has 0 aliphatic heterocycles. The second-order valence-corrected chi connectivity index (χ2v) is 9.14. The molecule has 3 heterocycles. The number of rotatable bonds is 5. The number of esters is 2. The number of ether oxygens (including phenoxy) is 2. The number of carbonyl (C=O) groups excluding carboxylic acids is 2. The summed E-state index contributed by atoms with van der Waals surface area (Å²) in [5.41, 5.74) is 0.948. The first kappa shape index (κ1) is 21.5. The Morgan fingerprint density at radius 3 is 2.23 bits per heavy atom. The molecule has 30 heavy (non-hydrogen) atoms. The molecule has 3 aromatic heterocycles. The maximum atomic E-state index is 12.0. The summed E-state index contributed by atoms with van der Waals surface area (Å²) in [6.07, 6.45) is 6.67. The normalized spacial score (nSPS) is 12.2. The predicted molar refractivity (Wildman–Crippen MR) is 110 cm³/mol. The van der Waals surface area contributed by atoms with Crippen molar-refractivity contribution in [1.29, 1.82) is 0 Å². The highest BCUT2D eigenvalue weighted by Crippen LogP contribution is 2.26. The van der Waals surface area contributed by atoms with E-state index in [1.54, 1.807) is 64.7 Å². The van der Waals surface area contributed by atoms with E-state index in [-0.39, 0.29) is 25.4 Å². The summed E-state index contributed by atoms with van der Waals surface area (Å²) in [5.74, 6) is -0.587. The van der Waals surface area contributed by atoms with E-state index in [0.29, 0.717) is 11.3 Å². The molecule has 9 heteroatoms. The van der Waals surface area contributed by atoms with Crippen molar-refractivity contribution in [3.63, 3.8) is 0 Å². The molecular formula is C21H27N5O4. The highest BCUT2D eigenvalue weighted by Gasteiger charge is 2.24. The predicted octanol–water partition coefficient (Wildman–Crippen LogP) is 3.39. The molecule has 160 valence electrons. The van der Waals surface area contributed by atoms with Crippen LogP contribution < -0.4 is 0 Å². The molecule has 0 aliphatic rings. The van der Waals surface area contributed by atoms with E-state index in [2.05, 4.69) is 15.1 Å². The van der Waals surface area contributed by atoms with Crippen LogP contribution in [0.5, 0.6) is 0 Å². The fourth-order valence-electron chi connectivity index (χ4n) is 2.58. The molecule has 0 N–H and O–H groups in total. The van der Waals surface area contributed by atoms with Gasteiger partial charge in [0.05, 0.1) is 22.7 Å². The van der Waals surface area contributed by atoms with E-state index in [0.717, 1.165) is 10.9 Å². The molecule has 0 spiro atoms. The number of fused-ring (bicyclic) bond motifs is 1. The largest absolute Gasteiger partial charge is 0.443 e. The van der Waals surface area contributed by atoms with Gasteiger partial charge in [-0.05, 0) is 47.6 Å². The Hall–Kier alpha value is -3.23. The van der Waals surface area contributed by atoms with Gasteiger partial charge in [-0.25, -0.2) is 14.6 Å². The van der Waals surface area contributed by atoms with Gasteiger partial charge in [0.25, 0.3) is 0 Å². The third kappa shape index (κ3) is 4.67. The highest BCUT2D eigenvalue weighted by molar-refractivity contribution is 5.90. The lowest BCUT2D eigenvalue weighted by Gasteiger charge is -2.17. The van der Waals surface area contributed by atoms with Gasteiger partial charge in [0.15, 0.2) is 13.5 Å². The monoisotopic (exact) mass is 413 g/mol. The number of aromatic nitrogens is 5. The Morgan fingerprint density at radius 2 is 1.60 bits per heavy atom. The molecule has 0 fully saturated rings. The molecule has 9 nitrogen and oxygen atoms in total. The van der Waals surface area contributed by atoms with E-state index in [9.17, 15) is 9.59 Å². The van der Waals surface area contributed by atoms with Crippen molar-refractivity contribution in [3.05, 3.63) is 31.0 Å². The van der Waals surface area contributed by atoms with Gasteiger partial charge < -0.3 is 9.47 Å². The van der Waals surface area contributed by atoms with Crippen molar-refractivity contribution in [2.24, 2.45) is 10.8 Å². The van der Waals surface area contributed by atoms with Gasteiger partial charge in [0.1, 0.15) is 12.0 Å². The smallest absolute Gasteiger partial charge is 0.313 e. The van der Waals surface area contributed by atoms with Crippen LogP contribution in [0.15, 0.2) is 31.0 Å². The lowest BCUT2D eigenvalue weighted by Crippen LogP contribution is -2.24. The molecule has 0 unspecified atom stereocenters. The van der Waals surface area contributed by atoms with Crippen LogP contribution in [0, 0.1) is 10.8 Å². The van der Waals surface area contributed by atoms with E-state index in [4.69, 9.17) is 9.47 Å². The maximum Gasteiger partial charge on any atom is 0.313 e. The first-order valence-corrected chi connectivity index (χ1v) is 9.64. The van der Waals surface area contributed by atoms with E-state index >= 15 is 0 Å². The molecule has 0 saturated heterocycles. The van der Waals surface area contributed by atoms with Crippen molar-refractivity contribution < 1.29 is 19.1 Å². The SMILES string of the molecule is CC(C)(C)C(=O)OCn1cc(-c2ncnc3c2ccn3COC(=O)C(C)(C)C)cn1. The molecule has 3 aromatic rings. The molecule has 0 aromatic carbocycles. The lowest BCUT2D eigenvalue weighted by atomic mass is 9.97. The maximum absolute atomic E-state index is 12.0. The van der Waals surface area contributed by atoms with Crippen molar-refractivity contribution in [1.82, 2.24) is 24.3 Å². The first-order valence-electron chi connectivity index (χ1n) is 9.64. The zero-order chi connectivity index (χ0) is 22.1. The third-order valence-electron chi connectivity index (χ3n) is 4.35. The van der Waals surface area contributed by atoms with E-state index < -0.39 is 10.8 Å². The topological polar surface area (TPSA) is 101 Å². The van der Waals surface area contributed by atoms with Crippen LogP contribution in [0.1, 0.15) is 41.5 Å². The summed E-state index contributed by atoms with van der Waals surface area (Å²) in [4.78, 5) is 32.7. The van der Waals surface area contributed by atoms with Crippen molar-refractivity contribution in [3.8, 4) is 11.3 Å². The number of carbonyl (C=O) groups is 2. The van der Waals surface area contributed by atoms with Gasteiger partial charge in [-0.3, -0.25) is 14.2 Å². The van der Waals surface area contributed by atoms with Crippen LogP contribution in [0.4, 0.5) is 0 Å². The minimum absolute atomic E-state index is 0.0219. The summed E-state index contributed by atoms with van der Waals surface area (Å²) in [6, 6.07) is 1.87. The lowest BCUT2D eigenvalue weighted by molar-refractivity contribution is -0.157. The Morgan fingerprint density at radius 1 is 0.967 bits per heavy atom. The van der Waals surface area contributed by atoms with Crippen molar-refractivity contribution >= 4 is 23.0 Å². The molecule has 0 bridgehead atoms. The number of hydrogen-bond donors (Lipinski definition) is 0. The summed E-state index contributed by atoms with van der Waals surface area (Å²) in [7, 11) is 0.